The van der Waals surface area contributed by atoms with Crippen LogP contribution in [-0.2, 0) is 9.53 Å². The van der Waals surface area contributed by atoms with Crippen LogP contribution in [0.15, 0.2) is 18.2 Å². The van der Waals surface area contributed by atoms with Crippen LogP contribution in [0.4, 0.5) is 0 Å². The monoisotopic (exact) mass is 404 g/mol. The molecule has 0 bridgehead atoms. The molecule has 1 aromatic rings. The van der Waals surface area contributed by atoms with Gasteiger partial charge in [0, 0.05) is 38.0 Å². The summed E-state index contributed by atoms with van der Waals surface area (Å²) >= 11 is 0. The second-order valence-electron chi connectivity index (χ2n) is 8.09. The lowest BCUT2D eigenvalue weighted by Crippen LogP contribution is -2.49. The van der Waals surface area contributed by atoms with Crippen LogP contribution in [0.2, 0.25) is 0 Å². The highest BCUT2D eigenvalue weighted by molar-refractivity contribution is 5.76. The molecule has 2 unspecified atom stereocenters. The number of morpholine rings is 1. The third-order valence-corrected chi connectivity index (χ3v) is 5.86. The number of fused-ring (bicyclic) bond motifs is 1. The number of hydrogen-bond donors (Lipinski definition) is 1. The van der Waals surface area contributed by atoms with E-state index < -0.39 is 0 Å². The van der Waals surface area contributed by atoms with Crippen molar-refractivity contribution in [1.82, 2.24) is 10.2 Å². The Labute approximate surface area is 174 Å². The Bertz CT molecular complexity index is 646. The number of amides is 1. The molecule has 162 valence electrons. The van der Waals surface area contributed by atoms with Gasteiger partial charge in [-0.15, -0.1) is 0 Å². The van der Waals surface area contributed by atoms with Gasteiger partial charge in [0.15, 0.2) is 11.5 Å². The van der Waals surface area contributed by atoms with Crippen molar-refractivity contribution in [2.45, 2.75) is 57.9 Å². The van der Waals surface area contributed by atoms with Gasteiger partial charge >= 0.3 is 0 Å². The molecule has 0 aromatic heterocycles. The van der Waals surface area contributed by atoms with Gasteiger partial charge in [0.2, 0.25) is 5.91 Å². The van der Waals surface area contributed by atoms with Crippen molar-refractivity contribution in [3.8, 4) is 11.5 Å². The van der Waals surface area contributed by atoms with Crippen LogP contribution in [0.25, 0.3) is 0 Å². The van der Waals surface area contributed by atoms with Gasteiger partial charge in [0.25, 0.3) is 0 Å². The van der Waals surface area contributed by atoms with Gasteiger partial charge in [0.1, 0.15) is 13.2 Å². The van der Waals surface area contributed by atoms with E-state index in [1.807, 2.05) is 6.07 Å². The Kier molecular flexibility index (Phi) is 8.62. The summed E-state index contributed by atoms with van der Waals surface area (Å²) in [6.45, 7) is 9.73. The first kappa shape index (κ1) is 21.9. The average Bonchev–Trinajstić information content (AvgIpc) is 2.76. The first-order valence-electron chi connectivity index (χ1n) is 11.2. The molecule has 6 nitrogen and oxygen atoms in total. The quantitative estimate of drug-likeness (QED) is 0.606. The molecule has 2 aliphatic heterocycles. The Morgan fingerprint density at radius 3 is 2.59 bits per heavy atom. The molecule has 1 N–H and O–H groups in total. The Hall–Kier alpha value is -1.79. The van der Waals surface area contributed by atoms with Gasteiger partial charge in [-0.3, -0.25) is 9.69 Å². The lowest BCUT2D eigenvalue weighted by atomic mass is 9.92. The summed E-state index contributed by atoms with van der Waals surface area (Å²) in [5, 5.41) is 3.33. The molecule has 29 heavy (non-hydrogen) atoms. The first-order chi connectivity index (χ1) is 14.2. The van der Waals surface area contributed by atoms with Crippen molar-refractivity contribution in [3.05, 3.63) is 23.8 Å². The average molecular weight is 405 g/mol. The number of carbonyl (C=O) groups excluding carboxylic acids is 1. The number of carbonyl (C=O) groups is 1. The fourth-order valence-electron chi connectivity index (χ4n) is 3.96. The Balaban J connectivity index is 1.66. The summed E-state index contributed by atoms with van der Waals surface area (Å²) in [5.74, 6) is 1.94. The fourth-order valence-corrected chi connectivity index (χ4v) is 3.96. The van der Waals surface area contributed by atoms with Crippen molar-refractivity contribution in [2.24, 2.45) is 0 Å². The van der Waals surface area contributed by atoms with E-state index >= 15 is 0 Å². The minimum Gasteiger partial charge on any atom is -0.486 e. The highest BCUT2D eigenvalue weighted by atomic mass is 16.6. The smallest absolute Gasteiger partial charge is 0.220 e. The SMILES string of the molecule is CCCCCCC(=O)NC(CN1CCOCC1)C(C)c1ccc2c(c1)OCCO2. The molecule has 6 heteroatoms. The predicted molar refractivity (Wildman–Crippen MR) is 114 cm³/mol. The molecule has 1 saturated heterocycles. The minimum absolute atomic E-state index is 0.0503. The summed E-state index contributed by atoms with van der Waals surface area (Å²) in [4.78, 5) is 15.0. The third-order valence-electron chi connectivity index (χ3n) is 5.86. The van der Waals surface area contributed by atoms with E-state index in [4.69, 9.17) is 14.2 Å². The minimum atomic E-state index is 0.0503. The van der Waals surface area contributed by atoms with E-state index in [0.717, 1.165) is 57.2 Å². The molecule has 2 heterocycles. The largest absolute Gasteiger partial charge is 0.486 e. The highest BCUT2D eigenvalue weighted by Crippen LogP contribution is 2.34. The van der Waals surface area contributed by atoms with Gasteiger partial charge in [-0.2, -0.15) is 0 Å². The van der Waals surface area contributed by atoms with Gasteiger partial charge < -0.3 is 19.5 Å². The Morgan fingerprint density at radius 2 is 1.83 bits per heavy atom. The van der Waals surface area contributed by atoms with Gasteiger partial charge in [0.05, 0.1) is 13.2 Å². The van der Waals surface area contributed by atoms with Crippen LogP contribution in [0, 0.1) is 0 Å². The van der Waals surface area contributed by atoms with Crippen LogP contribution in [-0.4, -0.2) is 62.9 Å². The second-order valence-corrected chi connectivity index (χ2v) is 8.09. The molecule has 2 atom stereocenters. The molecule has 1 fully saturated rings. The summed E-state index contributed by atoms with van der Waals surface area (Å²) in [6, 6.07) is 6.20. The van der Waals surface area contributed by atoms with Crippen molar-refractivity contribution in [2.75, 3.05) is 46.1 Å². The lowest BCUT2D eigenvalue weighted by molar-refractivity contribution is -0.122. The van der Waals surface area contributed by atoms with E-state index in [2.05, 4.69) is 36.2 Å². The topological polar surface area (TPSA) is 60.0 Å². The van der Waals surface area contributed by atoms with Crippen LogP contribution in [0.3, 0.4) is 0 Å². The number of ether oxygens (including phenoxy) is 3. The molecular weight excluding hydrogens is 368 g/mol. The maximum atomic E-state index is 12.6. The first-order valence-corrected chi connectivity index (χ1v) is 11.2. The Morgan fingerprint density at radius 1 is 1.07 bits per heavy atom. The number of nitrogens with zero attached hydrogens (tertiary/aromatic N) is 1. The summed E-state index contributed by atoms with van der Waals surface area (Å²) < 4.78 is 16.9. The molecule has 0 saturated carbocycles. The van der Waals surface area contributed by atoms with Crippen LogP contribution in [0.1, 0.15) is 57.4 Å². The number of unbranched alkanes of at least 4 members (excludes halogenated alkanes) is 3. The fraction of sp³-hybridized carbons (Fsp3) is 0.696. The van der Waals surface area contributed by atoms with Crippen molar-refractivity contribution >= 4 is 5.91 Å². The van der Waals surface area contributed by atoms with Crippen molar-refractivity contribution in [1.29, 1.82) is 0 Å². The molecular formula is C23H36N2O4. The molecule has 0 aliphatic carbocycles. The second kappa shape index (κ2) is 11.4. The third kappa shape index (κ3) is 6.61. The summed E-state index contributed by atoms with van der Waals surface area (Å²) in [6.07, 6.45) is 5.06. The van der Waals surface area contributed by atoms with Crippen molar-refractivity contribution in [3.63, 3.8) is 0 Å². The molecule has 1 aromatic carbocycles. The summed E-state index contributed by atoms with van der Waals surface area (Å²) in [5.41, 5.74) is 1.17. The van der Waals surface area contributed by atoms with Crippen molar-refractivity contribution < 1.29 is 19.0 Å². The van der Waals surface area contributed by atoms with E-state index in [9.17, 15) is 4.79 Å². The number of hydrogen-bond acceptors (Lipinski definition) is 5. The highest BCUT2D eigenvalue weighted by Gasteiger charge is 2.26. The van der Waals surface area contributed by atoms with E-state index in [0.29, 0.717) is 19.6 Å². The van der Waals surface area contributed by atoms with Crippen LogP contribution in [0.5, 0.6) is 11.5 Å². The van der Waals surface area contributed by atoms with Gasteiger partial charge in [-0.05, 0) is 24.1 Å². The molecule has 2 aliphatic rings. The molecule has 0 radical (unpaired) electrons. The maximum absolute atomic E-state index is 12.6. The summed E-state index contributed by atoms with van der Waals surface area (Å²) in [7, 11) is 0. The van der Waals surface area contributed by atoms with E-state index in [1.165, 1.54) is 18.4 Å². The zero-order chi connectivity index (χ0) is 20.5. The number of rotatable bonds is 10. The predicted octanol–water partition coefficient (Wildman–Crippen LogP) is 3.35. The van der Waals surface area contributed by atoms with Gasteiger partial charge in [-0.1, -0.05) is 39.2 Å². The zero-order valence-electron chi connectivity index (χ0n) is 18.0. The number of nitrogens with one attached hydrogen (secondary N) is 1. The standard InChI is InChI=1S/C23H36N2O4/c1-3-4-5-6-7-23(26)24-20(17-25-10-12-27-13-11-25)18(2)19-8-9-21-22(16-19)29-15-14-28-21/h8-9,16,18,20H,3-7,10-15,17H2,1-2H3,(H,24,26). The van der Waals surface area contributed by atoms with Crippen LogP contribution < -0.4 is 14.8 Å². The normalized spacial score (nSPS) is 18.8. The zero-order valence-corrected chi connectivity index (χ0v) is 18.0. The van der Waals surface area contributed by atoms with E-state index in [-0.39, 0.29) is 17.9 Å². The molecule has 3 rings (SSSR count). The van der Waals surface area contributed by atoms with E-state index in [1.54, 1.807) is 0 Å². The van der Waals surface area contributed by atoms with Gasteiger partial charge in [-0.25, -0.2) is 0 Å². The molecule has 1 amide bonds. The molecule has 0 spiro atoms. The number of benzene rings is 1. The lowest BCUT2D eigenvalue weighted by Gasteiger charge is -2.34. The maximum Gasteiger partial charge on any atom is 0.220 e. The van der Waals surface area contributed by atoms with Crippen LogP contribution >= 0.6 is 0 Å².